The van der Waals surface area contributed by atoms with E-state index in [9.17, 15) is 9.59 Å². The summed E-state index contributed by atoms with van der Waals surface area (Å²) < 4.78 is 0. The Kier molecular flexibility index (Phi) is 9.48. The molecule has 0 saturated carbocycles. The standard InChI is InChI=1S/C36H37NO4/c1-2-13-35(38)41-40-34-21-12-20-31-24-27(25-33(31)34)26-37(36(39)30-18-10-5-11-19-30)23-22-32(28-14-6-3-7-15-28)29-16-8-4-9-17-29/h3-12,14-21,27,32H,2,13,22-26H2,1H3. The van der Waals surface area contributed by atoms with E-state index < -0.39 is 0 Å². The number of carbonyl (C=O) groups excluding carboxylic acids is 2. The SMILES string of the molecule is CCCC(=O)OOc1cccc2c1CC(CN(CCC(c1ccccc1)c1ccccc1)C(=O)c1ccccc1)C2. The van der Waals surface area contributed by atoms with Crippen LogP contribution in [0.4, 0.5) is 0 Å². The lowest BCUT2D eigenvalue weighted by molar-refractivity contribution is -0.214. The van der Waals surface area contributed by atoms with Gasteiger partial charge in [0.25, 0.3) is 5.91 Å². The largest absolute Gasteiger partial charge is 0.355 e. The van der Waals surface area contributed by atoms with Crippen molar-refractivity contribution < 1.29 is 19.4 Å². The Labute approximate surface area is 242 Å². The molecular formula is C36H37NO4. The minimum Gasteiger partial charge on any atom is -0.338 e. The fraction of sp³-hybridized carbons (Fsp3) is 0.278. The minimum atomic E-state index is -0.370. The maximum atomic E-state index is 13.8. The molecule has 0 radical (unpaired) electrons. The van der Waals surface area contributed by atoms with E-state index in [0.29, 0.717) is 37.2 Å². The van der Waals surface area contributed by atoms with Crippen LogP contribution in [0.1, 0.15) is 64.7 Å². The molecule has 0 aliphatic heterocycles. The van der Waals surface area contributed by atoms with Crippen LogP contribution in [0.25, 0.3) is 0 Å². The Morgan fingerprint density at radius 2 is 1.44 bits per heavy atom. The number of benzene rings is 4. The summed E-state index contributed by atoms with van der Waals surface area (Å²) in [5, 5.41) is 0. The molecule has 0 heterocycles. The van der Waals surface area contributed by atoms with Crippen molar-refractivity contribution in [3.63, 3.8) is 0 Å². The van der Waals surface area contributed by atoms with Crippen LogP contribution in [-0.2, 0) is 22.5 Å². The number of hydrogen-bond donors (Lipinski definition) is 0. The summed E-state index contributed by atoms with van der Waals surface area (Å²) in [6.07, 6.45) is 3.44. The zero-order valence-corrected chi connectivity index (χ0v) is 23.6. The van der Waals surface area contributed by atoms with Gasteiger partial charge >= 0.3 is 5.97 Å². The van der Waals surface area contributed by atoms with Crippen molar-refractivity contribution in [1.29, 1.82) is 0 Å². The topological polar surface area (TPSA) is 55.8 Å². The van der Waals surface area contributed by atoms with Crippen molar-refractivity contribution in [3.8, 4) is 5.75 Å². The maximum absolute atomic E-state index is 13.8. The molecule has 0 saturated heterocycles. The average molecular weight is 548 g/mol. The molecule has 1 aliphatic carbocycles. The number of carbonyl (C=O) groups is 2. The van der Waals surface area contributed by atoms with E-state index in [4.69, 9.17) is 9.78 Å². The van der Waals surface area contributed by atoms with Crippen molar-refractivity contribution >= 4 is 11.9 Å². The van der Waals surface area contributed by atoms with Gasteiger partial charge in [0.1, 0.15) is 0 Å². The molecule has 1 atom stereocenters. The first-order valence-electron chi connectivity index (χ1n) is 14.5. The van der Waals surface area contributed by atoms with Gasteiger partial charge in [0.05, 0.1) is 0 Å². The molecule has 41 heavy (non-hydrogen) atoms. The summed E-state index contributed by atoms with van der Waals surface area (Å²) in [6, 6.07) is 36.5. The Balaban J connectivity index is 1.34. The van der Waals surface area contributed by atoms with E-state index in [0.717, 1.165) is 24.8 Å². The van der Waals surface area contributed by atoms with Crippen LogP contribution in [0.15, 0.2) is 109 Å². The van der Waals surface area contributed by atoms with Gasteiger partial charge in [-0.05, 0) is 66.5 Å². The van der Waals surface area contributed by atoms with E-state index in [1.54, 1.807) is 0 Å². The molecule has 0 N–H and O–H groups in total. The first kappa shape index (κ1) is 28.2. The lowest BCUT2D eigenvalue weighted by Crippen LogP contribution is -2.37. The van der Waals surface area contributed by atoms with E-state index in [1.807, 2.05) is 66.4 Å². The lowest BCUT2D eigenvalue weighted by Gasteiger charge is -2.28. The third-order valence-electron chi connectivity index (χ3n) is 7.79. The molecule has 5 rings (SSSR count). The minimum absolute atomic E-state index is 0.0476. The molecule has 210 valence electrons. The Morgan fingerprint density at radius 1 is 0.805 bits per heavy atom. The molecule has 0 bridgehead atoms. The molecule has 0 fully saturated rings. The number of fused-ring (bicyclic) bond motifs is 1. The van der Waals surface area contributed by atoms with E-state index >= 15 is 0 Å². The quantitative estimate of drug-likeness (QED) is 0.137. The van der Waals surface area contributed by atoms with Gasteiger partial charge in [0, 0.05) is 36.6 Å². The molecule has 4 aromatic rings. The van der Waals surface area contributed by atoms with Crippen molar-refractivity contribution in [2.75, 3.05) is 13.1 Å². The predicted molar refractivity (Wildman–Crippen MR) is 161 cm³/mol. The van der Waals surface area contributed by atoms with E-state index in [2.05, 4.69) is 54.6 Å². The Morgan fingerprint density at radius 3 is 2.07 bits per heavy atom. The number of amides is 1. The maximum Gasteiger partial charge on any atom is 0.355 e. The van der Waals surface area contributed by atoms with Crippen LogP contribution in [0.5, 0.6) is 5.75 Å². The van der Waals surface area contributed by atoms with Crippen LogP contribution in [0.2, 0.25) is 0 Å². The van der Waals surface area contributed by atoms with E-state index in [1.165, 1.54) is 16.7 Å². The molecule has 1 unspecified atom stereocenters. The van der Waals surface area contributed by atoms with Gasteiger partial charge in [-0.15, -0.1) is 0 Å². The zero-order valence-electron chi connectivity index (χ0n) is 23.6. The van der Waals surface area contributed by atoms with E-state index in [-0.39, 0.29) is 23.7 Å². The number of rotatable bonds is 12. The molecule has 5 heteroatoms. The number of nitrogens with zero attached hydrogens (tertiary/aromatic N) is 1. The second-order valence-electron chi connectivity index (χ2n) is 10.7. The average Bonchev–Trinajstić information content (AvgIpc) is 3.44. The molecule has 1 aliphatic rings. The number of hydrogen-bond acceptors (Lipinski definition) is 4. The van der Waals surface area contributed by atoms with Crippen LogP contribution < -0.4 is 4.89 Å². The third kappa shape index (κ3) is 7.23. The van der Waals surface area contributed by atoms with Gasteiger partial charge in [-0.3, -0.25) is 14.6 Å². The highest BCUT2D eigenvalue weighted by Gasteiger charge is 2.29. The molecular weight excluding hydrogens is 510 g/mol. The van der Waals surface area contributed by atoms with Gasteiger partial charge in [0.2, 0.25) is 0 Å². The summed E-state index contributed by atoms with van der Waals surface area (Å²) in [4.78, 5) is 38.3. The smallest absolute Gasteiger partial charge is 0.338 e. The Bertz CT molecular complexity index is 1380. The second kappa shape index (κ2) is 13.8. The van der Waals surface area contributed by atoms with Crippen molar-refractivity contribution in [2.45, 2.75) is 44.9 Å². The highest BCUT2D eigenvalue weighted by atomic mass is 17.2. The fourth-order valence-electron chi connectivity index (χ4n) is 5.78. The molecule has 5 nitrogen and oxygen atoms in total. The monoisotopic (exact) mass is 547 g/mol. The second-order valence-corrected chi connectivity index (χ2v) is 10.7. The zero-order chi connectivity index (χ0) is 28.4. The van der Waals surface area contributed by atoms with Crippen LogP contribution in [-0.4, -0.2) is 29.9 Å². The van der Waals surface area contributed by atoms with Crippen LogP contribution in [0.3, 0.4) is 0 Å². The molecule has 1 amide bonds. The summed E-state index contributed by atoms with van der Waals surface area (Å²) in [5.74, 6) is 0.684. The molecule has 4 aromatic carbocycles. The third-order valence-corrected chi connectivity index (χ3v) is 7.79. The van der Waals surface area contributed by atoms with Gasteiger partial charge in [-0.25, -0.2) is 4.79 Å². The van der Waals surface area contributed by atoms with Crippen molar-refractivity contribution in [1.82, 2.24) is 4.90 Å². The summed E-state index contributed by atoms with van der Waals surface area (Å²) in [6.45, 7) is 3.19. The van der Waals surface area contributed by atoms with Gasteiger partial charge in [-0.2, -0.15) is 0 Å². The van der Waals surface area contributed by atoms with Gasteiger partial charge < -0.3 is 4.90 Å². The predicted octanol–water partition coefficient (Wildman–Crippen LogP) is 7.40. The first-order valence-corrected chi connectivity index (χ1v) is 14.5. The highest BCUT2D eigenvalue weighted by Crippen LogP contribution is 2.35. The fourth-order valence-corrected chi connectivity index (χ4v) is 5.78. The molecule has 0 aromatic heterocycles. The Hall–Kier alpha value is -4.38. The summed E-state index contributed by atoms with van der Waals surface area (Å²) in [7, 11) is 0. The van der Waals surface area contributed by atoms with Crippen molar-refractivity contribution in [2.24, 2.45) is 5.92 Å². The van der Waals surface area contributed by atoms with Gasteiger partial charge in [-0.1, -0.05) is 97.9 Å². The lowest BCUT2D eigenvalue weighted by atomic mass is 9.88. The summed E-state index contributed by atoms with van der Waals surface area (Å²) >= 11 is 0. The van der Waals surface area contributed by atoms with Crippen LogP contribution in [0, 0.1) is 5.92 Å². The van der Waals surface area contributed by atoms with Crippen LogP contribution >= 0.6 is 0 Å². The van der Waals surface area contributed by atoms with Crippen molar-refractivity contribution in [3.05, 3.63) is 137 Å². The molecule has 0 spiro atoms. The summed E-state index contributed by atoms with van der Waals surface area (Å²) in [5.41, 5.74) is 5.43. The normalized spacial score (nSPS) is 14.0. The first-order chi connectivity index (χ1) is 20.1. The van der Waals surface area contributed by atoms with Gasteiger partial charge in [0.15, 0.2) is 5.75 Å². The highest BCUT2D eigenvalue weighted by molar-refractivity contribution is 5.94.